The highest BCUT2D eigenvalue weighted by Crippen LogP contribution is 2.29. The molecule has 0 spiro atoms. The standard InChI is InChI=1S/C23H28N6O2S/c1-6-9-18-20(10-7-2)29(8-3)23(27-18)21-22(24)25-15-19(26-21)16-11-13-17(14-12-16)32(30,31)28(4)5/h6-7,9-15H,8H2,1-5H3,(H2,24,25)/b9-6+,10-7-. The Morgan fingerprint density at radius 1 is 1.06 bits per heavy atom. The zero-order chi connectivity index (χ0) is 23.5. The molecule has 8 nitrogen and oxygen atoms in total. The van der Waals surface area contributed by atoms with Crippen molar-refractivity contribution in [1.82, 2.24) is 23.8 Å². The van der Waals surface area contributed by atoms with Gasteiger partial charge in [-0.05, 0) is 45.1 Å². The van der Waals surface area contributed by atoms with Gasteiger partial charge in [0.25, 0.3) is 0 Å². The SMILES string of the molecule is C/C=C\c1c(/C=C/C)nc(-c2nc(-c3ccc(S(=O)(=O)N(C)C)cc3)cnc2N)n1CC. The molecule has 3 aromatic rings. The Labute approximate surface area is 189 Å². The molecule has 1 aromatic carbocycles. The Morgan fingerprint density at radius 3 is 2.28 bits per heavy atom. The highest BCUT2D eigenvalue weighted by atomic mass is 32.2. The molecule has 0 saturated carbocycles. The smallest absolute Gasteiger partial charge is 0.242 e. The van der Waals surface area contributed by atoms with Gasteiger partial charge in [-0.15, -0.1) is 0 Å². The maximum absolute atomic E-state index is 12.3. The van der Waals surface area contributed by atoms with Gasteiger partial charge in [0.05, 0.1) is 28.2 Å². The van der Waals surface area contributed by atoms with Crippen molar-refractivity contribution in [2.24, 2.45) is 0 Å². The average Bonchev–Trinajstić information content (AvgIpc) is 3.11. The maximum atomic E-state index is 12.3. The van der Waals surface area contributed by atoms with Crippen LogP contribution in [-0.4, -0.2) is 46.3 Å². The molecule has 0 fully saturated rings. The van der Waals surface area contributed by atoms with Crippen LogP contribution in [0.15, 0.2) is 47.5 Å². The first-order valence-corrected chi connectivity index (χ1v) is 11.7. The number of nitrogen functional groups attached to an aromatic ring is 1. The van der Waals surface area contributed by atoms with Crippen LogP contribution in [0.25, 0.3) is 34.9 Å². The fraction of sp³-hybridized carbons (Fsp3) is 0.261. The van der Waals surface area contributed by atoms with Gasteiger partial charge in [0.2, 0.25) is 10.0 Å². The summed E-state index contributed by atoms with van der Waals surface area (Å²) in [5.41, 5.74) is 9.78. The van der Waals surface area contributed by atoms with Crippen LogP contribution in [0.3, 0.4) is 0 Å². The normalized spacial score (nSPS) is 12.4. The van der Waals surface area contributed by atoms with Crippen LogP contribution >= 0.6 is 0 Å². The fourth-order valence-electron chi connectivity index (χ4n) is 3.31. The number of anilines is 1. The Morgan fingerprint density at radius 2 is 1.72 bits per heavy atom. The molecule has 0 aliphatic heterocycles. The van der Waals surface area contributed by atoms with E-state index >= 15 is 0 Å². The number of imidazole rings is 1. The summed E-state index contributed by atoms with van der Waals surface area (Å²) < 4.78 is 27.9. The van der Waals surface area contributed by atoms with Crippen LogP contribution in [0.1, 0.15) is 32.2 Å². The van der Waals surface area contributed by atoms with Gasteiger partial charge in [-0.3, -0.25) is 0 Å². The highest BCUT2D eigenvalue weighted by Gasteiger charge is 2.20. The Balaban J connectivity index is 2.12. The fourth-order valence-corrected chi connectivity index (χ4v) is 4.21. The van der Waals surface area contributed by atoms with E-state index in [2.05, 4.69) is 4.98 Å². The molecule has 0 aliphatic rings. The second-order valence-electron chi connectivity index (χ2n) is 7.25. The summed E-state index contributed by atoms with van der Waals surface area (Å²) in [5.74, 6) is 0.909. The molecule has 2 aromatic heterocycles. The summed E-state index contributed by atoms with van der Waals surface area (Å²) in [5, 5.41) is 0. The maximum Gasteiger partial charge on any atom is 0.242 e. The third-order valence-electron chi connectivity index (χ3n) is 4.94. The van der Waals surface area contributed by atoms with Gasteiger partial charge >= 0.3 is 0 Å². The zero-order valence-corrected chi connectivity index (χ0v) is 19.8. The molecule has 9 heteroatoms. The number of benzene rings is 1. The monoisotopic (exact) mass is 452 g/mol. The Hall–Kier alpha value is -3.30. The molecule has 2 N–H and O–H groups in total. The van der Waals surface area contributed by atoms with Crippen LogP contribution in [-0.2, 0) is 16.6 Å². The molecule has 0 amide bonds. The molecule has 32 heavy (non-hydrogen) atoms. The summed E-state index contributed by atoms with van der Waals surface area (Å²) in [4.78, 5) is 14.1. The zero-order valence-electron chi connectivity index (χ0n) is 18.9. The third kappa shape index (κ3) is 4.35. The lowest BCUT2D eigenvalue weighted by Crippen LogP contribution is -2.22. The molecule has 0 saturated heterocycles. The molecule has 2 heterocycles. The Bertz CT molecular complexity index is 1270. The second-order valence-corrected chi connectivity index (χ2v) is 9.40. The number of allylic oxidation sites excluding steroid dienone is 2. The van der Waals surface area contributed by atoms with Crippen molar-refractivity contribution in [1.29, 1.82) is 0 Å². The first-order valence-electron chi connectivity index (χ1n) is 10.3. The molecular formula is C23H28N6O2S. The number of hydrogen-bond acceptors (Lipinski definition) is 6. The molecule has 3 rings (SSSR count). The lowest BCUT2D eigenvalue weighted by Gasteiger charge is -2.12. The number of hydrogen-bond donors (Lipinski definition) is 1. The van der Waals surface area contributed by atoms with Crippen LogP contribution in [0.2, 0.25) is 0 Å². The minimum absolute atomic E-state index is 0.211. The van der Waals surface area contributed by atoms with Gasteiger partial charge in [-0.2, -0.15) is 0 Å². The lowest BCUT2D eigenvalue weighted by molar-refractivity contribution is 0.521. The number of nitrogens with two attached hydrogens (primary N) is 1. The van der Waals surface area contributed by atoms with Crippen molar-refractivity contribution in [3.05, 3.63) is 54.0 Å². The van der Waals surface area contributed by atoms with Crippen LogP contribution < -0.4 is 5.73 Å². The van der Waals surface area contributed by atoms with Crippen molar-refractivity contribution >= 4 is 28.0 Å². The molecule has 0 unspecified atom stereocenters. The summed E-state index contributed by atoms with van der Waals surface area (Å²) in [6, 6.07) is 6.54. The molecule has 0 atom stereocenters. The summed E-state index contributed by atoms with van der Waals surface area (Å²) in [7, 11) is -0.503. The third-order valence-corrected chi connectivity index (χ3v) is 6.77. The Kier molecular flexibility index (Phi) is 6.90. The predicted octanol–water partition coefficient (Wildman–Crippen LogP) is 3.93. The van der Waals surface area contributed by atoms with Crippen molar-refractivity contribution in [2.75, 3.05) is 19.8 Å². The quantitative estimate of drug-likeness (QED) is 0.582. The van der Waals surface area contributed by atoms with Crippen LogP contribution in [0, 0.1) is 0 Å². The second kappa shape index (κ2) is 9.46. The van der Waals surface area contributed by atoms with Crippen LogP contribution in [0.4, 0.5) is 5.82 Å². The van der Waals surface area contributed by atoms with E-state index in [1.807, 2.05) is 49.6 Å². The first kappa shape index (κ1) is 23.4. The highest BCUT2D eigenvalue weighted by molar-refractivity contribution is 7.89. The predicted molar refractivity (Wildman–Crippen MR) is 129 cm³/mol. The van der Waals surface area contributed by atoms with Crippen molar-refractivity contribution in [3.63, 3.8) is 0 Å². The summed E-state index contributed by atoms with van der Waals surface area (Å²) in [6.07, 6.45) is 9.44. The van der Waals surface area contributed by atoms with Crippen molar-refractivity contribution in [3.8, 4) is 22.8 Å². The summed E-state index contributed by atoms with van der Waals surface area (Å²) in [6.45, 7) is 6.62. The average molecular weight is 453 g/mol. The van der Waals surface area contributed by atoms with E-state index in [0.29, 0.717) is 23.8 Å². The van der Waals surface area contributed by atoms with Gasteiger partial charge in [-0.25, -0.2) is 27.7 Å². The van der Waals surface area contributed by atoms with E-state index in [4.69, 9.17) is 15.7 Å². The van der Waals surface area contributed by atoms with Gasteiger partial charge in [0.15, 0.2) is 11.6 Å². The number of sulfonamides is 1. The van der Waals surface area contributed by atoms with Gasteiger partial charge < -0.3 is 10.3 Å². The van der Waals surface area contributed by atoms with Crippen molar-refractivity contribution < 1.29 is 8.42 Å². The van der Waals surface area contributed by atoms with Crippen LogP contribution in [0.5, 0.6) is 0 Å². The first-order chi connectivity index (χ1) is 15.2. The number of aromatic nitrogens is 4. The van der Waals surface area contributed by atoms with E-state index in [9.17, 15) is 8.42 Å². The van der Waals surface area contributed by atoms with E-state index in [0.717, 1.165) is 17.0 Å². The van der Waals surface area contributed by atoms with E-state index in [1.165, 1.54) is 18.4 Å². The molecule has 0 radical (unpaired) electrons. The molecule has 168 valence electrons. The van der Waals surface area contributed by atoms with E-state index in [1.54, 1.807) is 30.5 Å². The minimum atomic E-state index is -3.50. The van der Waals surface area contributed by atoms with E-state index < -0.39 is 10.0 Å². The van der Waals surface area contributed by atoms with Gasteiger partial charge in [0.1, 0.15) is 5.69 Å². The molecule has 0 bridgehead atoms. The molecule has 0 aliphatic carbocycles. The van der Waals surface area contributed by atoms with E-state index in [-0.39, 0.29) is 10.7 Å². The van der Waals surface area contributed by atoms with Gasteiger partial charge in [-0.1, -0.05) is 24.3 Å². The lowest BCUT2D eigenvalue weighted by atomic mass is 10.1. The minimum Gasteiger partial charge on any atom is -0.382 e. The number of rotatable bonds is 7. The number of nitrogens with zero attached hydrogens (tertiary/aromatic N) is 5. The summed E-state index contributed by atoms with van der Waals surface area (Å²) >= 11 is 0. The largest absolute Gasteiger partial charge is 0.382 e. The topological polar surface area (TPSA) is 107 Å². The van der Waals surface area contributed by atoms with Crippen molar-refractivity contribution in [2.45, 2.75) is 32.2 Å². The van der Waals surface area contributed by atoms with Gasteiger partial charge in [0, 0.05) is 26.2 Å². The molecular weight excluding hydrogens is 424 g/mol.